The van der Waals surface area contributed by atoms with Crippen molar-refractivity contribution in [3.63, 3.8) is 0 Å². The molecule has 21 heavy (non-hydrogen) atoms. The third-order valence-corrected chi connectivity index (χ3v) is 3.65. The Labute approximate surface area is 129 Å². The molecular formula is C16H19FN2OS. The van der Waals surface area contributed by atoms with Crippen LogP contribution >= 0.6 is 11.8 Å². The van der Waals surface area contributed by atoms with Crippen molar-refractivity contribution in [2.45, 2.75) is 42.7 Å². The minimum Gasteiger partial charge on any atom is -0.378 e. The largest absolute Gasteiger partial charge is 0.378 e. The average molecular weight is 306 g/mol. The van der Waals surface area contributed by atoms with E-state index in [2.05, 4.69) is 30.7 Å². The summed E-state index contributed by atoms with van der Waals surface area (Å²) in [6, 6.07) is 8.37. The second-order valence-electron chi connectivity index (χ2n) is 5.76. The van der Waals surface area contributed by atoms with E-state index in [1.165, 1.54) is 23.9 Å². The minimum absolute atomic E-state index is 0.152. The molecule has 0 unspecified atom stereocenters. The smallest absolute Gasteiger partial charge is 0.135 e. The molecule has 0 N–H and O–H groups in total. The van der Waals surface area contributed by atoms with Crippen LogP contribution in [0.15, 0.2) is 40.3 Å². The average Bonchev–Trinajstić information content (AvgIpc) is 2.37. The molecule has 1 aromatic heterocycles. The third kappa shape index (κ3) is 4.51. The number of ether oxygens (including phenoxy) is 1. The van der Waals surface area contributed by atoms with Crippen LogP contribution in [0, 0.1) is 5.82 Å². The Morgan fingerprint density at radius 3 is 2.57 bits per heavy atom. The first-order valence-corrected chi connectivity index (χ1v) is 7.51. The fourth-order valence-electron chi connectivity index (χ4n) is 1.73. The number of hydrogen-bond donors (Lipinski definition) is 0. The number of aromatic nitrogens is 2. The maximum Gasteiger partial charge on any atom is 0.135 e. The zero-order chi connectivity index (χ0) is 15.5. The van der Waals surface area contributed by atoms with Crippen LogP contribution in [-0.2, 0) is 16.8 Å². The van der Waals surface area contributed by atoms with E-state index in [1.54, 1.807) is 13.2 Å². The second kappa shape index (κ2) is 6.54. The van der Waals surface area contributed by atoms with Gasteiger partial charge in [-0.3, -0.25) is 0 Å². The maximum atomic E-state index is 13.3. The van der Waals surface area contributed by atoms with Crippen LogP contribution in [0.4, 0.5) is 4.39 Å². The van der Waals surface area contributed by atoms with Gasteiger partial charge in [-0.1, -0.05) is 38.6 Å². The highest BCUT2D eigenvalue weighted by atomic mass is 32.2. The van der Waals surface area contributed by atoms with Gasteiger partial charge >= 0.3 is 0 Å². The van der Waals surface area contributed by atoms with Crippen LogP contribution in [0.2, 0.25) is 0 Å². The number of nitrogens with zero attached hydrogens (tertiary/aromatic N) is 2. The van der Waals surface area contributed by atoms with Crippen molar-refractivity contribution in [2.24, 2.45) is 0 Å². The summed E-state index contributed by atoms with van der Waals surface area (Å²) >= 11 is 1.43. The molecule has 1 heterocycles. The van der Waals surface area contributed by atoms with Crippen molar-refractivity contribution in [1.82, 2.24) is 9.97 Å². The lowest BCUT2D eigenvalue weighted by Gasteiger charge is -2.18. The van der Waals surface area contributed by atoms with E-state index < -0.39 is 0 Å². The lowest BCUT2D eigenvalue weighted by molar-refractivity contribution is 0.180. The van der Waals surface area contributed by atoms with Crippen LogP contribution in [0.25, 0.3) is 0 Å². The molecule has 0 amide bonds. The normalized spacial score (nSPS) is 11.7. The van der Waals surface area contributed by atoms with Crippen molar-refractivity contribution < 1.29 is 9.13 Å². The summed E-state index contributed by atoms with van der Waals surface area (Å²) in [6.45, 7) is 6.63. The molecule has 0 aliphatic carbocycles. The Balaban J connectivity index is 2.35. The van der Waals surface area contributed by atoms with Crippen LogP contribution in [0.5, 0.6) is 0 Å². The summed E-state index contributed by atoms with van der Waals surface area (Å²) in [5.41, 5.74) is 0.678. The van der Waals surface area contributed by atoms with Crippen molar-refractivity contribution >= 4 is 11.8 Å². The van der Waals surface area contributed by atoms with Gasteiger partial charge in [0, 0.05) is 17.4 Å². The predicted octanol–water partition coefficient (Wildman–Crippen LogP) is 4.21. The molecular weight excluding hydrogens is 287 g/mol. The van der Waals surface area contributed by atoms with E-state index in [4.69, 9.17) is 4.74 Å². The SMILES string of the molecule is COCc1cc(Sc2cccc(F)c2)nc(C(C)(C)C)n1. The number of hydrogen-bond acceptors (Lipinski definition) is 4. The molecule has 0 radical (unpaired) electrons. The van der Waals surface area contributed by atoms with Crippen LogP contribution in [0.1, 0.15) is 32.3 Å². The van der Waals surface area contributed by atoms with E-state index in [0.717, 1.165) is 21.4 Å². The molecule has 2 rings (SSSR count). The fourth-order valence-corrected chi connectivity index (χ4v) is 2.62. The summed E-state index contributed by atoms with van der Waals surface area (Å²) in [5, 5.41) is 0.799. The zero-order valence-corrected chi connectivity index (χ0v) is 13.5. The minimum atomic E-state index is -0.248. The van der Waals surface area contributed by atoms with E-state index >= 15 is 0 Å². The highest BCUT2D eigenvalue weighted by Crippen LogP contribution is 2.29. The molecule has 112 valence electrons. The molecule has 5 heteroatoms. The fraction of sp³-hybridized carbons (Fsp3) is 0.375. The molecule has 1 aromatic carbocycles. The number of benzene rings is 1. The first-order valence-electron chi connectivity index (χ1n) is 6.69. The van der Waals surface area contributed by atoms with E-state index in [9.17, 15) is 4.39 Å². The van der Waals surface area contributed by atoms with Gasteiger partial charge in [0.15, 0.2) is 0 Å². The topological polar surface area (TPSA) is 35.0 Å². The summed E-state index contributed by atoms with van der Waals surface area (Å²) < 4.78 is 18.4. The molecule has 2 aromatic rings. The molecule has 0 bridgehead atoms. The lowest BCUT2D eigenvalue weighted by Crippen LogP contribution is -2.17. The number of halogens is 1. The zero-order valence-electron chi connectivity index (χ0n) is 12.7. The molecule has 0 aliphatic rings. The van der Waals surface area contributed by atoms with Gasteiger partial charge in [0.05, 0.1) is 12.3 Å². The lowest BCUT2D eigenvalue weighted by atomic mass is 9.96. The molecule has 0 spiro atoms. The molecule has 0 saturated heterocycles. The van der Waals surface area contributed by atoms with Gasteiger partial charge in [0.25, 0.3) is 0 Å². The van der Waals surface area contributed by atoms with E-state index in [1.807, 2.05) is 12.1 Å². The van der Waals surface area contributed by atoms with Gasteiger partial charge in [-0.25, -0.2) is 14.4 Å². The third-order valence-electron chi connectivity index (χ3n) is 2.74. The van der Waals surface area contributed by atoms with Gasteiger partial charge in [0.1, 0.15) is 16.7 Å². The summed E-state index contributed by atoms with van der Waals surface area (Å²) in [7, 11) is 1.64. The van der Waals surface area contributed by atoms with Gasteiger partial charge in [-0.15, -0.1) is 0 Å². The summed E-state index contributed by atoms with van der Waals surface area (Å²) in [6.07, 6.45) is 0. The van der Waals surface area contributed by atoms with E-state index in [0.29, 0.717) is 6.61 Å². The van der Waals surface area contributed by atoms with Crippen molar-refractivity contribution in [3.05, 3.63) is 47.7 Å². The maximum absolute atomic E-state index is 13.3. The molecule has 0 atom stereocenters. The second-order valence-corrected chi connectivity index (χ2v) is 6.86. The molecule has 0 aliphatic heterocycles. The van der Waals surface area contributed by atoms with Gasteiger partial charge in [0.2, 0.25) is 0 Å². The number of methoxy groups -OCH3 is 1. The Kier molecular flexibility index (Phi) is 4.96. The summed E-state index contributed by atoms with van der Waals surface area (Å²) in [4.78, 5) is 9.93. The monoisotopic (exact) mass is 306 g/mol. The Morgan fingerprint density at radius 2 is 1.95 bits per heavy atom. The Morgan fingerprint density at radius 1 is 1.19 bits per heavy atom. The van der Waals surface area contributed by atoms with Crippen molar-refractivity contribution in [3.8, 4) is 0 Å². The molecule has 0 saturated carbocycles. The summed E-state index contributed by atoms with van der Waals surface area (Å²) in [5.74, 6) is 0.512. The Bertz CT molecular complexity index is 626. The van der Waals surface area contributed by atoms with Crippen LogP contribution in [-0.4, -0.2) is 17.1 Å². The highest BCUT2D eigenvalue weighted by molar-refractivity contribution is 7.99. The standard InChI is InChI=1S/C16H19FN2OS/c1-16(2,3)15-18-12(10-20-4)9-14(19-15)21-13-7-5-6-11(17)8-13/h5-9H,10H2,1-4H3. The van der Waals surface area contributed by atoms with Crippen LogP contribution < -0.4 is 0 Å². The highest BCUT2D eigenvalue weighted by Gasteiger charge is 2.19. The molecule has 3 nitrogen and oxygen atoms in total. The van der Waals surface area contributed by atoms with Crippen molar-refractivity contribution in [2.75, 3.05) is 7.11 Å². The quantitative estimate of drug-likeness (QED) is 0.793. The van der Waals surface area contributed by atoms with Crippen molar-refractivity contribution in [1.29, 1.82) is 0 Å². The number of rotatable bonds is 4. The first kappa shape index (κ1) is 15.9. The van der Waals surface area contributed by atoms with Gasteiger partial charge < -0.3 is 4.74 Å². The first-order chi connectivity index (χ1) is 9.88. The van der Waals surface area contributed by atoms with Gasteiger partial charge in [-0.05, 0) is 24.3 Å². The Hall–Kier alpha value is -1.46. The predicted molar refractivity (Wildman–Crippen MR) is 82.0 cm³/mol. The van der Waals surface area contributed by atoms with Crippen LogP contribution in [0.3, 0.4) is 0 Å². The van der Waals surface area contributed by atoms with E-state index in [-0.39, 0.29) is 11.2 Å². The molecule has 0 fully saturated rings. The van der Waals surface area contributed by atoms with Gasteiger partial charge in [-0.2, -0.15) is 0 Å².